The number of anilines is 2. The van der Waals surface area contributed by atoms with Gasteiger partial charge in [-0.1, -0.05) is 36.4 Å². The molecular weight excluding hydrogens is 372 g/mol. The zero-order chi connectivity index (χ0) is 21.1. The van der Waals surface area contributed by atoms with Gasteiger partial charge in [-0.15, -0.1) is 10.2 Å². The summed E-state index contributed by atoms with van der Waals surface area (Å²) in [5.74, 6) is 1.02. The van der Waals surface area contributed by atoms with Gasteiger partial charge in [-0.05, 0) is 68.5 Å². The van der Waals surface area contributed by atoms with E-state index < -0.39 is 0 Å². The predicted molar refractivity (Wildman–Crippen MR) is 122 cm³/mol. The molecular formula is C25H28N4O. The lowest BCUT2D eigenvalue weighted by atomic mass is 9.95. The molecule has 0 bridgehead atoms. The molecule has 5 nitrogen and oxygen atoms in total. The highest BCUT2D eigenvalue weighted by molar-refractivity contribution is 5.93. The number of aromatic nitrogens is 2. The van der Waals surface area contributed by atoms with Gasteiger partial charge in [0.25, 0.3) is 0 Å². The number of carbonyl (C=O) groups is 1. The molecule has 2 heterocycles. The van der Waals surface area contributed by atoms with E-state index in [1.54, 1.807) is 0 Å². The van der Waals surface area contributed by atoms with Crippen LogP contribution in [0.1, 0.15) is 29.5 Å². The van der Waals surface area contributed by atoms with Gasteiger partial charge in [-0.2, -0.15) is 0 Å². The van der Waals surface area contributed by atoms with E-state index in [2.05, 4.69) is 52.5 Å². The first kappa shape index (κ1) is 20.1. The van der Waals surface area contributed by atoms with Crippen LogP contribution in [0.2, 0.25) is 0 Å². The van der Waals surface area contributed by atoms with Crippen molar-refractivity contribution in [1.29, 1.82) is 0 Å². The first-order valence-corrected chi connectivity index (χ1v) is 10.5. The van der Waals surface area contributed by atoms with Gasteiger partial charge < -0.3 is 10.2 Å². The number of rotatable bonds is 4. The van der Waals surface area contributed by atoms with E-state index in [-0.39, 0.29) is 11.8 Å². The lowest BCUT2D eigenvalue weighted by Crippen LogP contribution is -2.38. The van der Waals surface area contributed by atoms with Gasteiger partial charge in [-0.3, -0.25) is 4.79 Å². The van der Waals surface area contributed by atoms with E-state index in [0.717, 1.165) is 54.3 Å². The summed E-state index contributed by atoms with van der Waals surface area (Å²) in [7, 11) is 0. The van der Waals surface area contributed by atoms with Crippen LogP contribution < -0.4 is 10.2 Å². The van der Waals surface area contributed by atoms with Crippen molar-refractivity contribution in [3.05, 3.63) is 71.3 Å². The maximum absolute atomic E-state index is 12.8. The quantitative estimate of drug-likeness (QED) is 0.675. The molecule has 1 aliphatic rings. The van der Waals surface area contributed by atoms with Gasteiger partial charge in [0.05, 0.1) is 5.69 Å². The normalized spacial score (nSPS) is 14.6. The number of aryl methyl sites for hydroxylation is 2. The number of piperidine rings is 1. The minimum atomic E-state index is 0.0281. The summed E-state index contributed by atoms with van der Waals surface area (Å²) in [4.78, 5) is 15.0. The third-order valence-corrected chi connectivity index (χ3v) is 6.12. The van der Waals surface area contributed by atoms with Crippen molar-refractivity contribution in [1.82, 2.24) is 10.2 Å². The molecule has 1 N–H and O–H groups in total. The molecule has 3 aromatic rings. The average molecular weight is 401 g/mol. The highest BCUT2D eigenvalue weighted by Gasteiger charge is 2.26. The maximum Gasteiger partial charge on any atom is 0.227 e. The fourth-order valence-electron chi connectivity index (χ4n) is 3.99. The molecule has 0 aliphatic carbocycles. The smallest absolute Gasteiger partial charge is 0.227 e. The minimum absolute atomic E-state index is 0.0281. The third kappa shape index (κ3) is 4.20. The fraction of sp³-hybridized carbons (Fsp3) is 0.320. The second kappa shape index (κ2) is 8.66. The second-order valence-electron chi connectivity index (χ2n) is 8.09. The van der Waals surface area contributed by atoms with Crippen molar-refractivity contribution in [3.63, 3.8) is 0 Å². The first-order valence-electron chi connectivity index (χ1n) is 10.5. The van der Waals surface area contributed by atoms with Gasteiger partial charge in [0.1, 0.15) is 0 Å². The Morgan fingerprint density at radius 3 is 2.33 bits per heavy atom. The Bertz CT molecular complexity index is 1040. The molecule has 1 saturated heterocycles. The van der Waals surface area contributed by atoms with Crippen LogP contribution in [0.4, 0.5) is 11.5 Å². The molecule has 1 amide bonds. The Balaban J connectivity index is 1.37. The predicted octanol–water partition coefficient (Wildman–Crippen LogP) is 4.92. The standard InChI is InChI=1S/C25H28N4O/c1-17-8-6-10-22(19(17)3)26-25(30)20-13-15-29(16-14-20)24-12-11-23(27-28-24)21-9-5-4-7-18(21)2/h4-12,20H,13-16H2,1-3H3,(H,26,30). The molecule has 1 fully saturated rings. The molecule has 2 aromatic carbocycles. The average Bonchev–Trinajstić information content (AvgIpc) is 2.77. The zero-order valence-electron chi connectivity index (χ0n) is 17.9. The summed E-state index contributed by atoms with van der Waals surface area (Å²) in [6.45, 7) is 7.81. The lowest BCUT2D eigenvalue weighted by molar-refractivity contribution is -0.120. The monoisotopic (exact) mass is 400 g/mol. The highest BCUT2D eigenvalue weighted by Crippen LogP contribution is 2.26. The van der Waals surface area contributed by atoms with Gasteiger partial charge in [0, 0.05) is 30.3 Å². The molecule has 4 rings (SSSR count). The highest BCUT2D eigenvalue weighted by atomic mass is 16.1. The molecule has 154 valence electrons. The number of hydrogen-bond donors (Lipinski definition) is 1. The van der Waals surface area contributed by atoms with Crippen molar-refractivity contribution in [2.45, 2.75) is 33.6 Å². The Hall–Kier alpha value is -3.21. The zero-order valence-corrected chi connectivity index (χ0v) is 17.9. The van der Waals surface area contributed by atoms with E-state index in [9.17, 15) is 4.79 Å². The van der Waals surface area contributed by atoms with Gasteiger partial charge in [0.2, 0.25) is 5.91 Å². The fourth-order valence-corrected chi connectivity index (χ4v) is 3.99. The van der Waals surface area contributed by atoms with Crippen LogP contribution >= 0.6 is 0 Å². The number of nitrogens with one attached hydrogen (secondary N) is 1. The topological polar surface area (TPSA) is 58.1 Å². The van der Waals surface area contributed by atoms with E-state index in [4.69, 9.17) is 0 Å². The molecule has 0 saturated carbocycles. The summed E-state index contributed by atoms with van der Waals surface area (Å²) in [6, 6.07) is 18.3. The van der Waals surface area contributed by atoms with Crippen molar-refractivity contribution >= 4 is 17.4 Å². The number of hydrogen-bond acceptors (Lipinski definition) is 4. The first-order chi connectivity index (χ1) is 14.5. The lowest BCUT2D eigenvalue weighted by Gasteiger charge is -2.32. The summed E-state index contributed by atoms with van der Waals surface area (Å²) in [5, 5.41) is 12.0. The van der Waals surface area contributed by atoms with Crippen LogP contribution in [-0.2, 0) is 4.79 Å². The van der Waals surface area contributed by atoms with E-state index in [0.29, 0.717) is 0 Å². The molecule has 0 radical (unpaired) electrons. The molecule has 1 aliphatic heterocycles. The Morgan fingerprint density at radius 1 is 0.900 bits per heavy atom. The van der Waals surface area contributed by atoms with Crippen molar-refractivity contribution in [2.75, 3.05) is 23.3 Å². The molecule has 0 spiro atoms. The van der Waals surface area contributed by atoms with Crippen LogP contribution in [0.25, 0.3) is 11.3 Å². The summed E-state index contributed by atoms with van der Waals surface area (Å²) in [5.41, 5.74) is 6.43. The van der Waals surface area contributed by atoms with Crippen LogP contribution in [0.3, 0.4) is 0 Å². The van der Waals surface area contributed by atoms with Crippen LogP contribution in [0.15, 0.2) is 54.6 Å². The van der Waals surface area contributed by atoms with Crippen LogP contribution in [0.5, 0.6) is 0 Å². The van der Waals surface area contributed by atoms with Gasteiger partial charge in [-0.25, -0.2) is 0 Å². The number of carbonyl (C=O) groups excluding carboxylic acids is 1. The third-order valence-electron chi connectivity index (χ3n) is 6.12. The summed E-state index contributed by atoms with van der Waals surface area (Å²) < 4.78 is 0. The maximum atomic E-state index is 12.8. The number of amides is 1. The van der Waals surface area contributed by atoms with Crippen molar-refractivity contribution < 1.29 is 4.79 Å². The summed E-state index contributed by atoms with van der Waals surface area (Å²) in [6.07, 6.45) is 1.63. The second-order valence-corrected chi connectivity index (χ2v) is 8.09. The Kier molecular flexibility index (Phi) is 5.79. The SMILES string of the molecule is Cc1ccccc1-c1ccc(N2CCC(C(=O)Nc3cccc(C)c3C)CC2)nn1. The molecule has 30 heavy (non-hydrogen) atoms. The van der Waals surface area contributed by atoms with Crippen LogP contribution in [-0.4, -0.2) is 29.2 Å². The molecule has 5 heteroatoms. The number of benzene rings is 2. The van der Waals surface area contributed by atoms with Gasteiger partial charge >= 0.3 is 0 Å². The van der Waals surface area contributed by atoms with Crippen molar-refractivity contribution in [3.8, 4) is 11.3 Å². The van der Waals surface area contributed by atoms with E-state index >= 15 is 0 Å². The van der Waals surface area contributed by atoms with E-state index in [1.807, 2.05) is 43.3 Å². The number of nitrogens with zero attached hydrogens (tertiary/aromatic N) is 3. The minimum Gasteiger partial charge on any atom is -0.355 e. The largest absolute Gasteiger partial charge is 0.355 e. The Labute approximate surface area is 178 Å². The molecule has 1 aromatic heterocycles. The Morgan fingerprint density at radius 2 is 1.63 bits per heavy atom. The molecule has 0 unspecified atom stereocenters. The van der Waals surface area contributed by atoms with Gasteiger partial charge in [0.15, 0.2) is 5.82 Å². The van der Waals surface area contributed by atoms with Crippen LogP contribution in [0, 0.1) is 26.7 Å². The summed E-state index contributed by atoms with van der Waals surface area (Å²) >= 11 is 0. The van der Waals surface area contributed by atoms with Crippen molar-refractivity contribution in [2.24, 2.45) is 5.92 Å². The molecule has 0 atom stereocenters. The van der Waals surface area contributed by atoms with E-state index in [1.165, 1.54) is 11.1 Å².